The van der Waals surface area contributed by atoms with E-state index in [0.29, 0.717) is 10.7 Å². The van der Waals surface area contributed by atoms with Gasteiger partial charge in [0.1, 0.15) is 5.03 Å². The molecule has 0 aliphatic rings. The van der Waals surface area contributed by atoms with Crippen LogP contribution in [0.4, 0.5) is 5.69 Å². The molecule has 0 atom stereocenters. The average molecular weight is 440 g/mol. The van der Waals surface area contributed by atoms with E-state index in [2.05, 4.69) is 34.6 Å². The van der Waals surface area contributed by atoms with Crippen molar-refractivity contribution in [3.63, 3.8) is 0 Å². The van der Waals surface area contributed by atoms with Crippen molar-refractivity contribution in [1.82, 2.24) is 19.6 Å². The van der Waals surface area contributed by atoms with E-state index in [-0.39, 0.29) is 11.7 Å². The number of nitrogens with one attached hydrogen (secondary N) is 1. The lowest BCUT2D eigenvalue weighted by Crippen LogP contribution is -2.15. The lowest BCUT2D eigenvalue weighted by Gasteiger charge is -2.10. The number of aromatic nitrogens is 4. The fraction of sp³-hybridized carbons (Fsp3) is 0.120. The zero-order chi connectivity index (χ0) is 22.1. The number of para-hydroxylation sites is 3. The fourth-order valence-corrected chi connectivity index (χ4v) is 4.34. The number of aryl methyl sites for hydroxylation is 2. The van der Waals surface area contributed by atoms with Gasteiger partial charge in [0, 0.05) is 11.3 Å². The van der Waals surface area contributed by atoms with Crippen molar-refractivity contribution < 1.29 is 4.79 Å². The van der Waals surface area contributed by atoms with Gasteiger partial charge in [-0.1, -0.05) is 71.9 Å². The molecule has 7 heteroatoms. The van der Waals surface area contributed by atoms with E-state index in [9.17, 15) is 4.79 Å². The van der Waals surface area contributed by atoms with Crippen LogP contribution < -0.4 is 5.32 Å². The molecule has 0 saturated carbocycles. The number of thioether (sulfide) groups is 1. The highest BCUT2D eigenvalue weighted by Crippen LogP contribution is 2.29. The van der Waals surface area contributed by atoms with Crippen molar-refractivity contribution in [2.24, 2.45) is 0 Å². The van der Waals surface area contributed by atoms with Crippen LogP contribution in [0, 0.1) is 13.8 Å². The fourth-order valence-electron chi connectivity index (χ4n) is 3.58. The molecule has 158 valence electrons. The van der Waals surface area contributed by atoms with Crippen LogP contribution in [0.25, 0.3) is 28.1 Å². The largest absolute Gasteiger partial charge is 0.325 e. The topological polar surface area (TPSA) is 72.2 Å². The van der Waals surface area contributed by atoms with E-state index in [1.165, 1.54) is 17.3 Å². The summed E-state index contributed by atoms with van der Waals surface area (Å²) >= 11 is 1.36. The van der Waals surface area contributed by atoms with Crippen molar-refractivity contribution in [3.05, 3.63) is 83.9 Å². The van der Waals surface area contributed by atoms with Gasteiger partial charge in [0.2, 0.25) is 5.91 Å². The number of carbonyl (C=O) groups is 1. The molecule has 0 aliphatic carbocycles. The van der Waals surface area contributed by atoms with Gasteiger partial charge in [-0.15, -0.1) is 10.2 Å². The Balaban J connectivity index is 1.51. The summed E-state index contributed by atoms with van der Waals surface area (Å²) < 4.78 is 2.02. The molecule has 0 bridgehead atoms. The van der Waals surface area contributed by atoms with Gasteiger partial charge in [-0.25, -0.2) is 4.98 Å². The first-order valence-electron chi connectivity index (χ1n) is 10.3. The van der Waals surface area contributed by atoms with E-state index < -0.39 is 0 Å². The van der Waals surface area contributed by atoms with E-state index in [4.69, 9.17) is 4.98 Å². The maximum absolute atomic E-state index is 12.6. The first-order chi connectivity index (χ1) is 15.6. The zero-order valence-corrected chi connectivity index (χ0v) is 18.6. The summed E-state index contributed by atoms with van der Waals surface area (Å²) in [5.74, 6) is 0.891. The van der Waals surface area contributed by atoms with Gasteiger partial charge >= 0.3 is 0 Å². The van der Waals surface area contributed by atoms with E-state index in [1.54, 1.807) is 0 Å². The SMILES string of the molecule is Cc1ccc(-c2nnc3c(SCC(=O)Nc4ccccc4C)nc4ccccc4n23)cc1. The van der Waals surface area contributed by atoms with Crippen LogP contribution in [0.3, 0.4) is 0 Å². The van der Waals surface area contributed by atoms with Crippen LogP contribution in [0.2, 0.25) is 0 Å². The number of fused-ring (bicyclic) bond motifs is 3. The molecule has 0 unspecified atom stereocenters. The minimum atomic E-state index is -0.0873. The normalized spacial score (nSPS) is 11.2. The first kappa shape index (κ1) is 20.2. The van der Waals surface area contributed by atoms with Gasteiger partial charge in [-0.2, -0.15) is 0 Å². The zero-order valence-electron chi connectivity index (χ0n) is 17.7. The Morgan fingerprint density at radius 2 is 1.69 bits per heavy atom. The predicted molar refractivity (Wildman–Crippen MR) is 129 cm³/mol. The number of carbonyl (C=O) groups excluding carboxylic acids is 1. The van der Waals surface area contributed by atoms with Crippen LogP contribution in [-0.4, -0.2) is 31.2 Å². The summed E-state index contributed by atoms with van der Waals surface area (Å²) in [6, 6.07) is 23.8. The molecule has 0 spiro atoms. The van der Waals surface area contributed by atoms with Crippen LogP contribution in [0.15, 0.2) is 77.8 Å². The molecule has 0 radical (unpaired) electrons. The summed E-state index contributed by atoms with van der Waals surface area (Å²) in [6.07, 6.45) is 0. The van der Waals surface area contributed by atoms with Crippen molar-refractivity contribution in [2.75, 3.05) is 11.1 Å². The Morgan fingerprint density at radius 3 is 2.50 bits per heavy atom. The minimum absolute atomic E-state index is 0.0873. The molecule has 1 N–H and O–H groups in total. The van der Waals surface area contributed by atoms with Crippen molar-refractivity contribution in [2.45, 2.75) is 18.9 Å². The minimum Gasteiger partial charge on any atom is -0.325 e. The van der Waals surface area contributed by atoms with Gasteiger partial charge in [0.05, 0.1) is 16.8 Å². The van der Waals surface area contributed by atoms with Crippen molar-refractivity contribution >= 4 is 40.0 Å². The lowest BCUT2D eigenvalue weighted by molar-refractivity contribution is -0.113. The van der Waals surface area contributed by atoms with E-state index >= 15 is 0 Å². The highest BCUT2D eigenvalue weighted by Gasteiger charge is 2.17. The molecule has 5 aromatic rings. The summed E-state index contributed by atoms with van der Waals surface area (Å²) in [7, 11) is 0. The third-order valence-electron chi connectivity index (χ3n) is 5.27. The van der Waals surface area contributed by atoms with Gasteiger partial charge in [0.25, 0.3) is 0 Å². The Hall–Kier alpha value is -3.71. The number of benzene rings is 3. The second-order valence-corrected chi connectivity index (χ2v) is 8.57. The number of nitrogens with zero attached hydrogens (tertiary/aromatic N) is 4. The van der Waals surface area contributed by atoms with Crippen LogP contribution in [-0.2, 0) is 4.79 Å². The molecule has 2 aromatic heterocycles. The molecule has 6 nitrogen and oxygen atoms in total. The second-order valence-electron chi connectivity index (χ2n) is 7.61. The molecule has 3 aromatic carbocycles. The van der Waals surface area contributed by atoms with Gasteiger partial charge in [-0.05, 0) is 37.6 Å². The standard InChI is InChI=1S/C25H21N5OS/c1-16-11-13-18(14-12-16)23-28-29-24-25(27-20-9-5-6-10-21(20)30(23)24)32-15-22(31)26-19-8-4-3-7-17(19)2/h3-14H,15H2,1-2H3,(H,26,31). The molecule has 5 rings (SSSR count). The van der Waals surface area contributed by atoms with Crippen LogP contribution in [0.1, 0.15) is 11.1 Å². The highest BCUT2D eigenvalue weighted by molar-refractivity contribution is 8.00. The Bertz CT molecular complexity index is 1440. The molecule has 0 saturated heterocycles. The van der Waals surface area contributed by atoms with Crippen LogP contribution in [0.5, 0.6) is 0 Å². The number of hydrogen-bond donors (Lipinski definition) is 1. The smallest absolute Gasteiger partial charge is 0.234 e. The van der Waals surface area contributed by atoms with Crippen LogP contribution >= 0.6 is 11.8 Å². The highest BCUT2D eigenvalue weighted by atomic mass is 32.2. The Kier molecular flexibility index (Phi) is 5.33. The number of anilines is 1. The Morgan fingerprint density at radius 1 is 0.938 bits per heavy atom. The van der Waals surface area contributed by atoms with Gasteiger partial charge < -0.3 is 5.32 Å². The molecule has 32 heavy (non-hydrogen) atoms. The van der Waals surface area contributed by atoms with E-state index in [1.807, 2.05) is 72.0 Å². The first-order valence-corrected chi connectivity index (χ1v) is 11.3. The molecule has 2 heterocycles. The van der Waals surface area contributed by atoms with Crippen molar-refractivity contribution in [3.8, 4) is 11.4 Å². The lowest BCUT2D eigenvalue weighted by atomic mass is 10.1. The van der Waals surface area contributed by atoms with Gasteiger partial charge in [0.15, 0.2) is 11.5 Å². The summed E-state index contributed by atoms with van der Waals surface area (Å²) in [6.45, 7) is 4.03. The summed E-state index contributed by atoms with van der Waals surface area (Å²) in [4.78, 5) is 17.4. The quantitative estimate of drug-likeness (QED) is 0.377. The molecule has 1 amide bonds. The van der Waals surface area contributed by atoms with Gasteiger partial charge in [-0.3, -0.25) is 9.20 Å². The predicted octanol–water partition coefficient (Wildman–Crippen LogP) is 5.29. The third kappa shape index (κ3) is 3.83. The maximum atomic E-state index is 12.6. The average Bonchev–Trinajstić information content (AvgIpc) is 3.25. The molecule has 0 fully saturated rings. The molecule has 0 aliphatic heterocycles. The third-order valence-corrected chi connectivity index (χ3v) is 6.22. The van der Waals surface area contributed by atoms with E-state index in [0.717, 1.165) is 33.7 Å². The maximum Gasteiger partial charge on any atom is 0.234 e. The molecular weight excluding hydrogens is 418 g/mol. The number of hydrogen-bond acceptors (Lipinski definition) is 5. The second kappa shape index (κ2) is 8.43. The monoisotopic (exact) mass is 439 g/mol. The number of rotatable bonds is 5. The molecular formula is C25H21N5OS. The number of amides is 1. The summed E-state index contributed by atoms with van der Waals surface area (Å²) in [5, 5.41) is 12.6. The van der Waals surface area contributed by atoms with Crippen molar-refractivity contribution in [1.29, 1.82) is 0 Å². The summed E-state index contributed by atoms with van der Waals surface area (Å²) in [5.41, 5.74) is 6.41. The Labute approximate surface area is 189 Å².